The Balaban J connectivity index is 1.49. The summed E-state index contributed by atoms with van der Waals surface area (Å²) >= 11 is 1.34. The Bertz CT molecular complexity index is 1080. The fourth-order valence-electron chi connectivity index (χ4n) is 3.51. The van der Waals surface area contributed by atoms with Crippen LogP contribution in [0.15, 0.2) is 58.6 Å². The molecular weight excluding hydrogens is 384 g/mol. The quantitative estimate of drug-likeness (QED) is 0.502. The van der Waals surface area contributed by atoms with Gasteiger partial charge in [-0.3, -0.25) is 14.3 Å². The fourth-order valence-corrected chi connectivity index (χ4v) is 4.39. The minimum atomic E-state index is -0.268. The molecule has 29 heavy (non-hydrogen) atoms. The molecule has 0 radical (unpaired) electrons. The number of amides is 1. The number of nitrogens with zero attached hydrogens (tertiary/aromatic N) is 3. The van der Waals surface area contributed by atoms with Crippen LogP contribution in [0.5, 0.6) is 0 Å². The van der Waals surface area contributed by atoms with Crippen molar-refractivity contribution < 1.29 is 4.79 Å². The van der Waals surface area contributed by atoms with Gasteiger partial charge in [-0.2, -0.15) is 4.98 Å². The van der Waals surface area contributed by atoms with E-state index in [9.17, 15) is 9.59 Å². The van der Waals surface area contributed by atoms with Crippen LogP contribution in [-0.4, -0.2) is 26.2 Å². The molecule has 3 aromatic rings. The number of pyridine rings is 1. The first kappa shape index (κ1) is 19.4. The van der Waals surface area contributed by atoms with Gasteiger partial charge in [0.1, 0.15) is 5.03 Å². The number of fused-ring (bicyclic) bond motifs is 1. The Labute approximate surface area is 173 Å². The number of benzene rings is 1. The largest absolute Gasteiger partial charge is 0.349 e. The van der Waals surface area contributed by atoms with E-state index in [1.807, 2.05) is 43.3 Å². The molecule has 2 aromatic heterocycles. The number of carbonyl (C=O) groups is 1. The summed E-state index contributed by atoms with van der Waals surface area (Å²) in [5.74, 6) is 0.117. The van der Waals surface area contributed by atoms with Crippen LogP contribution in [0.25, 0.3) is 0 Å². The monoisotopic (exact) mass is 406 g/mol. The van der Waals surface area contributed by atoms with E-state index < -0.39 is 0 Å². The van der Waals surface area contributed by atoms with Crippen LogP contribution in [0.4, 0.5) is 5.69 Å². The molecule has 1 amide bonds. The molecule has 0 aliphatic heterocycles. The predicted octanol–water partition coefficient (Wildman–Crippen LogP) is 3.21. The summed E-state index contributed by atoms with van der Waals surface area (Å²) in [7, 11) is 0. The number of nitrogens with one attached hydrogen (secondary N) is 1. The lowest BCUT2D eigenvalue weighted by Crippen LogP contribution is -2.28. The zero-order chi connectivity index (χ0) is 20.2. The van der Waals surface area contributed by atoms with Crippen molar-refractivity contribution in [1.82, 2.24) is 14.5 Å². The van der Waals surface area contributed by atoms with Crippen LogP contribution < -0.4 is 11.0 Å². The van der Waals surface area contributed by atoms with E-state index >= 15 is 0 Å². The number of carbonyl (C=O) groups excluding carboxylic acids is 1. The van der Waals surface area contributed by atoms with Gasteiger partial charge in [-0.1, -0.05) is 35.5 Å². The molecule has 1 N–H and O–H groups in total. The summed E-state index contributed by atoms with van der Waals surface area (Å²) < 4.78 is 1.75. The van der Waals surface area contributed by atoms with E-state index in [0.29, 0.717) is 11.6 Å². The summed E-state index contributed by atoms with van der Waals surface area (Å²) in [6, 6.07) is 11.5. The van der Waals surface area contributed by atoms with Gasteiger partial charge in [-0.05, 0) is 49.9 Å². The molecule has 0 bridgehead atoms. The summed E-state index contributed by atoms with van der Waals surface area (Å²) in [5, 5.41) is 3.57. The molecule has 1 aliphatic carbocycles. The van der Waals surface area contributed by atoms with E-state index in [-0.39, 0.29) is 17.3 Å². The van der Waals surface area contributed by atoms with E-state index in [0.717, 1.165) is 47.3 Å². The molecule has 6 nitrogen and oxygen atoms in total. The molecule has 1 aromatic carbocycles. The molecule has 7 heteroatoms. The van der Waals surface area contributed by atoms with Gasteiger partial charge in [0.05, 0.1) is 12.3 Å². The van der Waals surface area contributed by atoms with Crippen molar-refractivity contribution in [2.24, 2.45) is 0 Å². The van der Waals surface area contributed by atoms with Crippen LogP contribution in [0.2, 0.25) is 0 Å². The van der Waals surface area contributed by atoms with E-state index in [2.05, 4.69) is 15.3 Å². The highest BCUT2D eigenvalue weighted by atomic mass is 32.2. The van der Waals surface area contributed by atoms with Crippen LogP contribution in [0.3, 0.4) is 0 Å². The highest BCUT2D eigenvalue weighted by Gasteiger charge is 2.22. The SMILES string of the molecule is Cc1ccc(NC(=O)CSc2nc(=O)n(Cc3cccnc3)c3c2CCC3)cc1. The third-order valence-corrected chi connectivity index (χ3v) is 5.96. The number of aryl methyl sites for hydroxylation is 1. The van der Waals surface area contributed by atoms with Crippen molar-refractivity contribution in [3.05, 3.63) is 81.7 Å². The zero-order valence-corrected chi connectivity index (χ0v) is 17.0. The average Bonchev–Trinajstić information content (AvgIpc) is 3.21. The molecule has 0 saturated heterocycles. The lowest BCUT2D eigenvalue weighted by atomic mass is 10.2. The van der Waals surface area contributed by atoms with Crippen LogP contribution in [-0.2, 0) is 24.2 Å². The molecule has 0 unspecified atom stereocenters. The van der Waals surface area contributed by atoms with Gasteiger partial charge in [0.25, 0.3) is 0 Å². The molecular formula is C22H22N4O2S. The van der Waals surface area contributed by atoms with Gasteiger partial charge >= 0.3 is 5.69 Å². The van der Waals surface area contributed by atoms with Gasteiger partial charge < -0.3 is 5.32 Å². The first-order chi connectivity index (χ1) is 14.1. The minimum Gasteiger partial charge on any atom is -0.325 e. The van der Waals surface area contributed by atoms with Gasteiger partial charge in [0.2, 0.25) is 5.91 Å². The fraction of sp³-hybridized carbons (Fsp3) is 0.273. The second-order valence-electron chi connectivity index (χ2n) is 7.13. The van der Waals surface area contributed by atoms with Crippen LogP contribution in [0.1, 0.15) is 28.8 Å². The van der Waals surface area contributed by atoms with E-state index in [1.165, 1.54) is 11.8 Å². The van der Waals surface area contributed by atoms with E-state index in [4.69, 9.17) is 0 Å². The molecule has 0 fully saturated rings. The van der Waals surface area contributed by atoms with Crippen molar-refractivity contribution >= 4 is 23.4 Å². The predicted molar refractivity (Wildman–Crippen MR) is 114 cm³/mol. The van der Waals surface area contributed by atoms with Crippen molar-refractivity contribution in [1.29, 1.82) is 0 Å². The Morgan fingerprint density at radius 1 is 1.21 bits per heavy atom. The first-order valence-electron chi connectivity index (χ1n) is 9.61. The minimum absolute atomic E-state index is 0.105. The highest BCUT2D eigenvalue weighted by molar-refractivity contribution is 8.00. The third-order valence-electron chi connectivity index (χ3n) is 4.94. The van der Waals surface area contributed by atoms with Crippen molar-refractivity contribution in [3.8, 4) is 0 Å². The molecule has 148 valence electrons. The summed E-state index contributed by atoms with van der Waals surface area (Å²) in [4.78, 5) is 33.4. The maximum atomic E-state index is 12.7. The van der Waals surface area contributed by atoms with E-state index in [1.54, 1.807) is 17.0 Å². The summed E-state index contributed by atoms with van der Waals surface area (Å²) in [6.07, 6.45) is 6.23. The number of aromatic nitrogens is 3. The smallest absolute Gasteiger partial charge is 0.325 e. The zero-order valence-electron chi connectivity index (χ0n) is 16.2. The van der Waals surface area contributed by atoms with Crippen LogP contribution in [0, 0.1) is 6.92 Å². The highest BCUT2D eigenvalue weighted by Crippen LogP contribution is 2.29. The Morgan fingerprint density at radius 2 is 2.03 bits per heavy atom. The van der Waals surface area contributed by atoms with Crippen LogP contribution >= 0.6 is 11.8 Å². The Hall–Kier alpha value is -2.93. The maximum Gasteiger partial charge on any atom is 0.349 e. The van der Waals surface area contributed by atoms with Gasteiger partial charge in [-0.25, -0.2) is 4.79 Å². The second-order valence-corrected chi connectivity index (χ2v) is 8.09. The van der Waals surface area contributed by atoms with Gasteiger partial charge in [0, 0.05) is 29.3 Å². The first-order valence-corrected chi connectivity index (χ1v) is 10.6. The van der Waals surface area contributed by atoms with Gasteiger partial charge in [-0.15, -0.1) is 0 Å². The lowest BCUT2D eigenvalue weighted by molar-refractivity contribution is -0.113. The Kier molecular flexibility index (Phi) is 5.76. The van der Waals surface area contributed by atoms with Gasteiger partial charge in [0.15, 0.2) is 0 Å². The second kappa shape index (κ2) is 8.61. The third kappa shape index (κ3) is 4.56. The standard InChI is InChI=1S/C22H22N4O2S/c1-15-7-9-17(10-8-15)24-20(27)14-29-21-18-5-2-6-19(18)26(22(28)25-21)13-16-4-3-11-23-12-16/h3-4,7-12H,2,5-6,13-14H2,1H3,(H,24,27). The molecule has 0 saturated carbocycles. The normalized spacial score (nSPS) is 12.6. The number of hydrogen-bond acceptors (Lipinski definition) is 5. The summed E-state index contributed by atoms with van der Waals surface area (Å²) in [6.45, 7) is 2.48. The molecule has 0 spiro atoms. The van der Waals surface area contributed by atoms with Crippen molar-refractivity contribution in [2.75, 3.05) is 11.1 Å². The molecule has 0 atom stereocenters. The number of hydrogen-bond donors (Lipinski definition) is 1. The Morgan fingerprint density at radius 3 is 2.79 bits per heavy atom. The number of rotatable bonds is 6. The lowest BCUT2D eigenvalue weighted by Gasteiger charge is -2.14. The number of thioether (sulfide) groups is 1. The summed E-state index contributed by atoms with van der Waals surface area (Å²) in [5.41, 5.74) is 4.76. The molecule has 2 heterocycles. The maximum absolute atomic E-state index is 12.7. The average molecular weight is 407 g/mol. The molecule has 4 rings (SSSR count). The number of anilines is 1. The van der Waals surface area contributed by atoms with Crippen molar-refractivity contribution in [3.63, 3.8) is 0 Å². The molecule has 1 aliphatic rings. The van der Waals surface area contributed by atoms with Crippen molar-refractivity contribution in [2.45, 2.75) is 37.8 Å². The topological polar surface area (TPSA) is 76.9 Å².